The van der Waals surface area contributed by atoms with E-state index >= 15 is 0 Å². The van der Waals surface area contributed by atoms with Gasteiger partial charge >= 0.3 is 0 Å². The maximum Gasteiger partial charge on any atom is 0.220 e. The van der Waals surface area contributed by atoms with Gasteiger partial charge in [0.1, 0.15) is 0 Å². The van der Waals surface area contributed by atoms with Crippen molar-refractivity contribution in [3.63, 3.8) is 0 Å². The second-order valence-corrected chi connectivity index (χ2v) is 5.67. The number of nitrogens with one attached hydrogen (secondary N) is 2. The molecular formula is C12H24N2O. The first-order chi connectivity index (χ1) is 6.97. The molecule has 3 heteroatoms. The molecule has 1 unspecified atom stereocenters. The molecule has 1 atom stereocenters. The Balaban J connectivity index is 2.17. The van der Waals surface area contributed by atoms with Crippen LogP contribution >= 0.6 is 0 Å². The molecule has 1 aliphatic rings. The van der Waals surface area contributed by atoms with E-state index in [1.807, 2.05) is 0 Å². The Morgan fingerprint density at radius 1 is 1.47 bits per heavy atom. The Morgan fingerprint density at radius 2 is 2.20 bits per heavy atom. The van der Waals surface area contributed by atoms with Gasteiger partial charge in [-0.05, 0) is 31.2 Å². The van der Waals surface area contributed by atoms with Crippen LogP contribution in [0.2, 0.25) is 0 Å². The van der Waals surface area contributed by atoms with Gasteiger partial charge in [0.2, 0.25) is 5.91 Å². The van der Waals surface area contributed by atoms with Gasteiger partial charge in [-0.1, -0.05) is 20.8 Å². The van der Waals surface area contributed by atoms with Crippen molar-refractivity contribution in [3.05, 3.63) is 0 Å². The molecule has 3 nitrogen and oxygen atoms in total. The summed E-state index contributed by atoms with van der Waals surface area (Å²) >= 11 is 0. The smallest absolute Gasteiger partial charge is 0.220 e. The fourth-order valence-electron chi connectivity index (χ4n) is 1.76. The molecule has 1 heterocycles. The van der Waals surface area contributed by atoms with Gasteiger partial charge in [0.25, 0.3) is 0 Å². The molecule has 0 aromatic heterocycles. The van der Waals surface area contributed by atoms with Crippen LogP contribution in [0.15, 0.2) is 0 Å². The van der Waals surface area contributed by atoms with E-state index < -0.39 is 0 Å². The summed E-state index contributed by atoms with van der Waals surface area (Å²) < 4.78 is 0. The van der Waals surface area contributed by atoms with Crippen molar-refractivity contribution in [2.45, 2.75) is 52.5 Å². The first-order valence-electron chi connectivity index (χ1n) is 5.97. The highest BCUT2D eigenvalue weighted by Crippen LogP contribution is 2.20. The third kappa shape index (κ3) is 5.78. The maximum absolute atomic E-state index is 11.6. The Kier molecular flexibility index (Phi) is 4.58. The predicted molar refractivity (Wildman–Crippen MR) is 62.7 cm³/mol. The third-order valence-corrected chi connectivity index (χ3v) is 2.76. The molecule has 0 aromatic carbocycles. The fraction of sp³-hybridized carbons (Fsp3) is 0.917. The average Bonchev–Trinajstić information content (AvgIpc) is 2.15. The molecule has 0 bridgehead atoms. The van der Waals surface area contributed by atoms with E-state index in [9.17, 15) is 4.79 Å². The SMILES string of the molecule is CC(C)(C)CCC(=O)NC1CCCNC1. The predicted octanol–water partition coefficient (Wildman–Crippen LogP) is 1.68. The van der Waals surface area contributed by atoms with Gasteiger partial charge in [-0.3, -0.25) is 4.79 Å². The Labute approximate surface area is 93.0 Å². The van der Waals surface area contributed by atoms with Crippen molar-refractivity contribution >= 4 is 5.91 Å². The van der Waals surface area contributed by atoms with Gasteiger partial charge in [-0.15, -0.1) is 0 Å². The van der Waals surface area contributed by atoms with Crippen molar-refractivity contribution < 1.29 is 4.79 Å². The average molecular weight is 212 g/mol. The zero-order valence-corrected chi connectivity index (χ0v) is 10.2. The lowest BCUT2D eigenvalue weighted by atomic mass is 9.90. The zero-order chi connectivity index (χ0) is 11.3. The molecule has 0 aliphatic carbocycles. The monoisotopic (exact) mass is 212 g/mol. The molecule has 0 radical (unpaired) electrons. The van der Waals surface area contributed by atoms with Crippen molar-refractivity contribution in [1.82, 2.24) is 10.6 Å². The van der Waals surface area contributed by atoms with Crippen molar-refractivity contribution in [1.29, 1.82) is 0 Å². The molecule has 88 valence electrons. The summed E-state index contributed by atoms with van der Waals surface area (Å²) in [6.45, 7) is 8.53. The summed E-state index contributed by atoms with van der Waals surface area (Å²) in [6, 6.07) is 0.353. The van der Waals surface area contributed by atoms with Gasteiger partial charge < -0.3 is 10.6 Å². The number of amides is 1. The van der Waals surface area contributed by atoms with Crippen molar-refractivity contribution in [3.8, 4) is 0 Å². The molecule has 0 aromatic rings. The quantitative estimate of drug-likeness (QED) is 0.747. The van der Waals surface area contributed by atoms with E-state index in [0.29, 0.717) is 12.5 Å². The van der Waals surface area contributed by atoms with Gasteiger partial charge in [-0.2, -0.15) is 0 Å². The lowest BCUT2D eigenvalue weighted by molar-refractivity contribution is -0.122. The lowest BCUT2D eigenvalue weighted by Crippen LogP contribution is -2.45. The molecule has 0 saturated carbocycles. The molecular weight excluding hydrogens is 188 g/mol. The summed E-state index contributed by atoms with van der Waals surface area (Å²) in [6.07, 6.45) is 3.90. The summed E-state index contributed by atoms with van der Waals surface area (Å²) in [5.74, 6) is 0.207. The number of rotatable bonds is 3. The third-order valence-electron chi connectivity index (χ3n) is 2.76. The molecule has 1 amide bonds. The molecule has 2 N–H and O–H groups in total. The normalized spacial score (nSPS) is 22.5. The summed E-state index contributed by atoms with van der Waals surface area (Å²) in [7, 11) is 0. The molecule has 0 spiro atoms. The van der Waals surface area contributed by atoms with E-state index in [0.717, 1.165) is 25.9 Å². The second kappa shape index (κ2) is 5.50. The van der Waals surface area contributed by atoms with Gasteiger partial charge in [0, 0.05) is 19.0 Å². The summed E-state index contributed by atoms with van der Waals surface area (Å²) in [4.78, 5) is 11.6. The highest BCUT2D eigenvalue weighted by Gasteiger charge is 2.17. The highest BCUT2D eigenvalue weighted by atomic mass is 16.1. The molecule has 1 saturated heterocycles. The van der Waals surface area contributed by atoms with Crippen molar-refractivity contribution in [2.75, 3.05) is 13.1 Å². The van der Waals surface area contributed by atoms with Crippen LogP contribution in [-0.4, -0.2) is 25.0 Å². The largest absolute Gasteiger partial charge is 0.352 e. The summed E-state index contributed by atoms with van der Waals surface area (Å²) in [5.41, 5.74) is 0.252. The fourth-order valence-corrected chi connectivity index (χ4v) is 1.76. The number of carbonyl (C=O) groups excluding carboxylic acids is 1. The minimum absolute atomic E-state index is 0.207. The molecule has 1 fully saturated rings. The Morgan fingerprint density at radius 3 is 2.73 bits per heavy atom. The lowest BCUT2D eigenvalue weighted by Gasteiger charge is -2.24. The van der Waals surface area contributed by atoms with E-state index in [2.05, 4.69) is 31.4 Å². The van der Waals surface area contributed by atoms with Gasteiger partial charge in [0.05, 0.1) is 0 Å². The highest BCUT2D eigenvalue weighted by molar-refractivity contribution is 5.76. The van der Waals surface area contributed by atoms with E-state index in [-0.39, 0.29) is 11.3 Å². The number of piperidine rings is 1. The number of hydrogen-bond acceptors (Lipinski definition) is 2. The number of carbonyl (C=O) groups is 1. The standard InChI is InChI=1S/C12H24N2O/c1-12(2,3)7-6-11(15)14-10-5-4-8-13-9-10/h10,13H,4-9H2,1-3H3,(H,14,15). The number of hydrogen-bond donors (Lipinski definition) is 2. The minimum Gasteiger partial charge on any atom is -0.352 e. The molecule has 1 aliphatic heterocycles. The second-order valence-electron chi connectivity index (χ2n) is 5.67. The van der Waals surface area contributed by atoms with Crippen molar-refractivity contribution in [2.24, 2.45) is 5.41 Å². The van der Waals surface area contributed by atoms with Crippen LogP contribution in [-0.2, 0) is 4.79 Å². The van der Waals surface area contributed by atoms with Crippen LogP contribution in [0.3, 0.4) is 0 Å². The van der Waals surface area contributed by atoms with Gasteiger partial charge in [-0.25, -0.2) is 0 Å². The van der Waals surface area contributed by atoms with E-state index in [4.69, 9.17) is 0 Å². The first-order valence-corrected chi connectivity index (χ1v) is 5.97. The molecule has 1 rings (SSSR count). The molecule has 15 heavy (non-hydrogen) atoms. The van der Waals surface area contributed by atoms with Crippen LogP contribution in [0.4, 0.5) is 0 Å². The van der Waals surface area contributed by atoms with Crippen LogP contribution in [0.5, 0.6) is 0 Å². The minimum atomic E-state index is 0.207. The van der Waals surface area contributed by atoms with Crippen LogP contribution in [0.25, 0.3) is 0 Å². The first kappa shape index (κ1) is 12.5. The van der Waals surface area contributed by atoms with Crippen LogP contribution in [0.1, 0.15) is 46.5 Å². The van der Waals surface area contributed by atoms with E-state index in [1.165, 1.54) is 6.42 Å². The van der Waals surface area contributed by atoms with E-state index in [1.54, 1.807) is 0 Å². The Bertz CT molecular complexity index is 202. The van der Waals surface area contributed by atoms with Crippen LogP contribution < -0.4 is 10.6 Å². The Hall–Kier alpha value is -0.570. The topological polar surface area (TPSA) is 41.1 Å². The maximum atomic E-state index is 11.6. The zero-order valence-electron chi connectivity index (χ0n) is 10.2. The summed E-state index contributed by atoms with van der Waals surface area (Å²) in [5, 5.41) is 6.39. The van der Waals surface area contributed by atoms with Crippen LogP contribution in [0, 0.1) is 5.41 Å². The van der Waals surface area contributed by atoms with Gasteiger partial charge in [0.15, 0.2) is 0 Å².